The predicted molar refractivity (Wildman–Crippen MR) is 113 cm³/mol. The molecule has 1 N–H and O–H groups in total. The summed E-state index contributed by atoms with van der Waals surface area (Å²) in [4.78, 5) is 38.6. The largest absolute Gasteiger partial charge is 0.454 e. The zero-order valence-corrected chi connectivity index (χ0v) is 18.7. The summed E-state index contributed by atoms with van der Waals surface area (Å²) in [6.07, 6.45) is 12.4. The highest BCUT2D eigenvalue weighted by Gasteiger charge is 2.51. The van der Waals surface area contributed by atoms with Crippen molar-refractivity contribution in [2.75, 3.05) is 20.2 Å². The van der Waals surface area contributed by atoms with Crippen molar-refractivity contribution in [3.63, 3.8) is 0 Å². The van der Waals surface area contributed by atoms with Gasteiger partial charge in [0.05, 0.1) is 0 Å². The van der Waals surface area contributed by atoms with Crippen LogP contribution in [0, 0.1) is 29.1 Å². The van der Waals surface area contributed by atoms with Crippen LogP contribution in [0.4, 0.5) is 0 Å². The Hall–Kier alpha value is -1.59. The van der Waals surface area contributed by atoms with Gasteiger partial charge in [-0.15, -0.1) is 0 Å². The Kier molecular flexibility index (Phi) is 6.40. The number of nitrogens with zero attached hydrogens (tertiary/aromatic N) is 1. The van der Waals surface area contributed by atoms with Gasteiger partial charge in [-0.1, -0.05) is 6.92 Å². The second kappa shape index (κ2) is 8.88. The maximum atomic E-state index is 12.5. The number of esters is 1. The third-order valence-corrected chi connectivity index (χ3v) is 8.41. The van der Waals surface area contributed by atoms with Crippen LogP contribution in [0.3, 0.4) is 0 Å². The van der Waals surface area contributed by atoms with E-state index in [9.17, 15) is 14.4 Å². The summed E-state index contributed by atoms with van der Waals surface area (Å²) in [6, 6.07) is 0.243. The van der Waals surface area contributed by atoms with Crippen LogP contribution in [0.5, 0.6) is 0 Å². The molecule has 5 aliphatic carbocycles. The molecule has 0 unspecified atom stereocenters. The highest BCUT2D eigenvalue weighted by atomic mass is 16.5. The van der Waals surface area contributed by atoms with Crippen molar-refractivity contribution < 1.29 is 19.1 Å². The van der Waals surface area contributed by atoms with E-state index in [0.717, 1.165) is 49.4 Å². The van der Waals surface area contributed by atoms with Gasteiger partial charge in [-0.05, 0) is 93.3 Å². The van der Waals surface area contributed by atoms with Crippen LogP contribution in [0.2, 0.25) is 0 Å². The van der Waals surface area contributed by atoms with E-state index in [-0.39, 0.29) is 36.4 Å². The number of rotatable bonds is 7. The number of carbonyl (C=O) groups is 3. The molecule has 0 saturated heterocycles. The first kappa shape index (κ1) is 21.6. The van der Waals surface area contributed by atoms with Gasteiger partial charge in [0.25, 0.3) is 5.91 Å². The van der Waals surface area contributed by atoms with Crippen molar-refractivity contribution in [1.82, 2.24) is 10.2 Å². The Morgan fingerprint density at radius 2 is 1.53 bits per heavy atom. The quantitative estimate of drug-likeness (QED) is 0.644. The smallest absolute Gasteiger partial charge is 0.325 e. The number of hydrogen-bond acceptors (Lipinski definition) is 4. The molecule has 0 spiro atoms. The van der Waals surface area contributed by atoms with Crippen LogP contribution in [0.15, 0.2) is 0 Å². The van der Waals surface area contributed by atoms with Gasteiger partial charge in [0.1, 0.15) is 6.54 Å². The monoisotopic (exact) mass is 418 g/mol. The number of amides is 2. The second-order valence-corrected chi connectivity index (χ2v) is 11.0. The van der Waals surface area contributed by atoms with Crippen LogP contribution in [-0.2, 0) is 19.1 Å². The van der Waals surface area contributed by atoms with E-state index < -0.39 is 5.97 Å². The van der Waals surface area contributed by atoms with E-state index in [4.69, 9.17) is 4.74 Å². The maximum absolute atomic E-state index is 12.5. The van der Waals surface area contributed by atoms with E-state index in [1.165, 1.54) is 38.5 Å². The molecule has 2 amide bonds. The normalized spacial score (nSPS) is 36.9. The first-order valence-corrected chi connectivity index (χ1v) is 12.0. The van der Waals surface area contributed by atoms with Crippen LogP contribution >= 0.6 is 0 Å². The van der Waals surface area contributed by atoms with Crippen molar-refractivity contribution in [3.8, 4) is 0 Å². The summed E-state index contributed by atoms with van der Waals surface area (Å²) in [5, 5.41) is 2.74. The molecule has 6 nitrogen and oxygen atoms in total. The molecule has 4 bridgehead atoms. The van der Waals surface area contributed by atoms with Crippen LogP contribution < -0.4 is 5.32 Å². The fraction of sp³-hybridized carbons (Fsp3) is 0.875. The first-order chi connectivity index (χ1) is 14.3. The molecule has 5 aliphatic rings. The summed E-state index contributed by atoms with van der Waals surface area (Å²) < 4.78 is 5.14. The van der Waals surface area contributed by atoms with Crippen LogP contribution in [0.25, 0.3) is 0 Å². The summed E-state index contributed by atoms with van der Waals surface area (Å²) in [7, 11) is 1.80. The van der Waals surface area contributed by atoms with Crippen molar-refractivity contribution in [1.29, 1.82) is 0 Å². The van der Waals surface area contributed by atoms with E-state index in [1.807, 2.05) is 0 Å². The minimum Gasteiger partial charge on any atom is -0.454 e. The number of carbonyl (C=O) groups excluding carboxylic acids is 3. The Bertz CT molecular complexity index is 633. The molecule has 6 heteroatoms. The van der Waals surface area contributed by atoms with Gasteiger partial charge in [-0.2, -0.15) is 0 Å². The van der Waals surface area contributed by atoms with Crippen molar-refractivity contribution in [3.05, 3.63) is 0 Å². The standard InChI is InChI=1S/C24H38N2O4/c1-16-3-5-20(6-4-16)26(2)22(28)15-30-23(29)14-25-21(27)13-24-10-17-7-18(11-24)9-19(8-17)12-24/h16-20H,3-15H2,1-2H3,(H,25,27). The molecule has 30 heavy (non-hydrogen) atoms. The third-order valence-electron chi connectivity index (χ3n) is 8.41. The van der Waals surface area contributed by atoms with Gasteiger partial charge >= 0.3 is 5.97 Å². The number of nitrogens with one attached hydrogen (secondary N) is 1. The zero-order valence-electron chi connectivity index (χ0n) is 18.7. The highest BCUT2D eigenvalue weighted by molar-refractivity contribution is 5.84. The van der Waals surface area contributed by atoms with Crippen molar-refractivity contribution in [2.24, 2.45) is 29.1 Å². The molecule has 0 aromatic carbocycles. The Morgan fingerprint density at radius 1 is 0.967 bits per heavy atom. The number of ether oxygens (including phenoxy) is 1. The topological polar surface area (TPSA) is 75.7 Å². The molecule has 0 aliphatic heterocycles. The van der Waals surface area contributed by atoms with Crippen LogP contribution in [0.1, 0.15) is 77.6 Å². The average Bonchev–Trinajstić information content (AvgIpc) is 2.69. The van der Waals surface area contributed by atoms with Crippen LogP contribution in [-0.4, -0.2) is 48.9 Å². The summed E-state index contributed by atoms with van der Waals surface area (Å²) in [5.74, 6) is 2.41. The highest BCUT2D eigenvalue weighted by Crippen LogP contribution is 2.61. The molecule has 168 valence electrons. The predicted octanol–water partition coefficient (Wildman–Crippen LogP) is 3.29. The van der Waals surface area contributed by atoms with E-state index in [1.54, 1.807) is 11.9 Å². The van der Waals surface area contributed by atoms with Gasteiger partial charge in [0.15, 0.2) is 6.61 Å². The van der Waals surface area contributed by atoms with Gasteiger partial charge in [-0.3, -0.25) is 14.4 Å². The summed E-state index contributed by atoms with van der Waals surface area (Å²) in [5.41, 5.74) is 0.166. The molecule has 0 aromatic rings. The second-order valence-electron chi connectivity index (χ2n) is 11.0. The van der Waals surface area contributed by atoms with Gasteiger partial charge in [0.2, 0.25) is 5.91 Å². The Labute approximate surface area is 180 Å². The maximum Gasteiger partial charge on any atom is 0.325 e. The lowest BCUT2D eigenvalue weighted by molar-refractivity contribution is -0.152. The molecule has 0 heterocycles. The molecule has 0 atom stereocenters. The van der Waals surface area contributed by atoms with Gasteiger partial charge < -0.3 is 15.0 Å². The Morgan fingerprint density at radius 3 is 2.10 bits per heavy atom. The molecule has 5 saturated carbocycles. The van der Waals surface area contributed by atoms with E-state index >= 15 is 0 Å². The minimum absolute atomic E-state index is 0.0475. The van der Waals surface area contributed by atoms with Crippen molar-refractivity contribution in [2.45, 2.75) is 83.6 Å². The Balaban J connectivity index is 1.15. The molecule has 0 aromatic heterocycles. The van der Waals surface area contributed by atoms with Crippen molar-refractivity contribution >= 4 is 17.8 Å². The fourth-order valence-electron chi connectivity index (χ4n) is 7.21. The molecule has 0 radical (unpaired) electrons. The van der Waals surface area contributed by atoms with E-state index in [0.29, 0.717) is 6.42 Å². The van der Waals surface area contributed by atoms with Gasteiger partial charge in [0, 0.05) is 19.5 Å². The molecule has 5 rings (SSSR count). The zero-order chi connectivity index (χ0) is 21.3. The summed E-state index contributed by atoms with van der Waals surface area (Å²) >= 11 is 0. The fourth-order valence-corrected chi connectivity index (χ4v) is 7.21. The molecule has 5 fully saturated rings. The lowest BCUT2D eigenvalue weighted by atomic mass is 9.49. The molecular formula is C24H38N2O4. The number of hydrogen-bond donors (Lipinski definition) is 1. The lowest BCUT2D eigenvalue weighted by Gasteiger charge is -2.56. The third kappa shape index (κ3) is 5.00. The lowest BCUT2D eigenvalue weighted by Crippen LogP contribution is -2.48. The van der Waals surface area contributed by atoms with Gasteiger partial charge in [-0.25, -0.2) is 0 Å². The number of likely N-dealkylation sites (N-methyl/N-ethyl adjacent to an activating group) is 1. The molecular weight excluding hydrogens is 380 g/mol. The first-order valence-electron chi connectivity index (χ1n) is 12.0. The summed E-state index contributed by atoms with van der Waals surface area (Å²) in [6.45, 7) is 1.85. The van der Waals surface area contributed by atoms with E-state index in [2.05, 4.69) is 12.2 Å². The minimum atomic E-state index is -0.534. The SMILES string of the molecule is CC1CCC(N(C)C(=O)COC(=O)CNC(=O)CC23CC4CC(CC(C4)C2)C3)CC1. The average molecular weight is 419 g/mol.